The Morgan fingerprint density at radius 3 is 2.51 bits per heavy atom. The number of nitriles is 1. The maximum atomic E-state index is 10.4. The Morgan fingerprint density at radius 2 is 1.71 bits per heavy atom. The molecule has 2 heterocycles. The van der Waals surface area contributed by atoms with Crippen molar-refractivity contribution in [3.8, 4) is 22.9 Å². The molecule has 0 radical (unpaired) electrons. The number of benzene rings is 3. The standard InChI is InChI=1S/C29H28N4O2/c30-19-22-6-4-8-24(18-22)27-11-5-7-23-12-13-28(31-29(23)27)33-16-14-32(15-17-33)20-25(34)21-35-26-9-2-1-3-10-26/h1-13,18,25,34H,14-17,20-21H2. The van der Waals surface area contributed by atoms with Gasteiger partial charge in [-0.05, 0) is 42.0 Å². The predicted octanol–water partition coefficient (Wildman–Crippen LogP) is 4.34. The highest BCUT2D eigenvalue weighted by Gasteiger charge is 2.21. The second-order valence-corrected chi connectivity index (χ2v) is 8.80. The molecule has 0 bridgehead atoms. The van der Waals surface area contributed by atoms with E-state index in [1.807, 2.05) is 60.7 Å². The van der Waals surface area contributed by atoms with Gasteiger partial charge in [0.05, 0.1) is 17.1 Å². The topological polar surface area (TPSA) is 72.6 Å². The number of aliphatic hydroxyl groups excluding tert-OH is 1. The summed E-state index contributed by atoms with van der Waals surface area (Å²) in [6.07, 6.45) is -0.535. The molecule has 176 valence electrons. The van der Waals surface area contributed by atoms with E-state index < -0.39 is 6.10 Å². The van der Waals surface area contributed by atoms with Gasteiger partial charge in [0.2, 0.25) is 0 Å². The summed E-state index contributed by atoms with van der Waals surface area (Å²) in [5.74, 6) is 1.73. The third kappa shape index (κ3) is 5.43. The lowest BCUT2D eigenvalue weighted by Crippen LogP contribution is -2.49. The Labute approximate surface area is 205 Å². The first-order valence-corrected chi connectivity index (χ1v) is 11.9. The minimum Gasteiger partial charge on any atom is -0.491 e. The van der Waals surface area contributed by atoms with Crippen molar-refractivity contribution in [2.24, 2.45) is 0 Å². The number of piperazine rings is 1. The molecule has 1 fully saturated rings. The average molecular weight is 465 g/mol. The van der Waals surface area contributed by atoms with Gasteiger partial charge in [0.1, 0.15) is 24.3 Å². The molecular formula is C29H28N4O2. The van der Waals surface area contributed by atoms with Crippen LogP contribution in [0.4, 0.5) is 5.82 Å². The monoisotopic (exact) mass is 464 g/mol. The number of hydrogen-bond donors (Lipinski definition) is 1. The quantitative estimate of drug-likeness (QED) is 0.439. The average Bonchev–Trinajstić information content (AvgIpc) is 2.92. The van der Waals surface area contributed by atoms with Gasteiger partial charge in [-0.1, -0.05) is 48.5 Å². The molecule has 1 aromatic heterocycles. The summed E-state index contributed by atoms with van der Waals surface area (Å²) in [6.45, 7) is 4.27. The van der Waals surface area contributed by atoms with Gasteiger partial charge in [-0.2, -0.15) is 5.26 Å². The summed E-state index contributed by atoms with van der Waals surface area (Å²) in [5, 5.41) is 20.8. The van der Waals surface area contributed by atoms with Crippen molar-refractivity contribution < 1.29 is 9.84 Å². The third-order valence-corrected chi connectivity index (χ3v) is 6.36. The molecule has 3 aromatic carbocycles. The van der Waals surface area contributed by atoms with Crippen molar-refractivity contribution in [2.75, 3.05) is 44.2 Å². The van der Waals surface area contributed by atoms with Crippen LogP contribution in [0.3, 0.4) is 0 Å². The fourth-order valence-electron chi connectivity index (χ4n) is 4.52. The number of β-amino-alcohol motifs (C(OH)–C–C–N with tert-alkyl or cyclic N) is 1. The number of rotatable bonds is 7. The number of para-hydroxylation sites is 2. The number of pyridine rings is 1. The summed E-state index contributed by atoms with van der Waals surface area (Å²) in [5.41, 5.74) is 3.61. The van der Waals surface area contributed by atoms with E-state index in [0.717, 1.165) is 59.8 Å². The van der Waals surface area contributed by atoms with Crippen LogP contribution in [-0.4, -0.2) is 60.4 Å². The first-order chi connectivity index (χ1) is 17.2. The molecule has 1 saturated heterocycles. The summed E-state index contributed by atoms with van der Waals surface area (Å²) in [6, 6.07) is 29.8. The van der Waals surface area contributed by atoms with E-state index in [4.69, 9.17) is 9.72 Å². The van der Waals surface area contributed by atoms with Crippen molar-refractivity contribution in [2.45, 2.75) is 6.10 Å². The van der Waals surface area contributed by atoms with Gasteiger partial charge >= 0.3 is 0 Å². The Balaban J connectivity index is 1.24. The molecule has 0 spiro atoms. The second-order valence-electron chi connectivity index (χ2n) is 8.80. The molecule has 0 amide bonds. The fraction of sp³-hybridized carbons (Fsp3) is 0.241. The lowest BCUT2D eigenvalue weighted by atomic mass is 10.0. The number of anilines is 1. The molecule has 1 aliphatic rings. The van der Waals surface area contributed by atoms with E-state index in [2.05, 4.69) is 40.1 Å². The predicted molar refractivity (Wildman–Crippen MR) is 138 cm³/mol. The largest absolute Gasteiger partial charge is 0.491 e. The Hall–Kier alpha value is -3.92. The number of fused-ring (bicyclic) bond motifs is 1. The molecule has 1 N–H and O–H groups in total. The molecule has 0 aliphatic carbocycles. The SMILES string of the molecule is N#Cc1cccc(-c2cccc3ccc(N4CCN(CC(O)COc5ccccc5)CC4)nc23)c1. The second kappa shape index (κ2) is 10.6. The van der Waals surface area contributed by atoms with E-state index in [1.165, 1.54) is 0 Å². The summed E-state index contributed by atoms with van der Waals surface area (Å²) >= 11 is 0. The van der Waals surface area contributed by atoms with Gasteiger partial charge in [-0.3, -0.25) is 4.90 Å². The molecule has 1 atom stereocenters. The van der Waals surface area contributed by atoms with Crippen molar-refractivity contribution in [3.05, 3.63) is 90.5 Å². The summed E-state index contributed by atoms with van der Waals surface area (Å²) in [4.78, 5) is 9.60. The van der Waals surface area contributed by atoms with Crippen LogP contribution in [0.1, 0.15) is 5.56 Å². The molecule has 0 saturated carbocycles. The molecular weight excluding hydrogens is 436 g/mol. The van der Waals surface area contributed by atoms with Crippen LogP contribution in [-0.2, 0) is 0 Å². The van der Waals surface area contributed by atoms with Gasteiger partial charge in [-0.25, -0.2) is 4.98 Å². The van der Waals surface area contributed by atoms with Gasteiger partial charge in [-0.15, -0.1) is 0 Å². The Morgan fingerprint density at radius 1 is 0.914 bits per heavy atom. The number of aliphatic hydroxyl groups is 1. The molecule has 1 unspecified atom stereocenters. The number of hydrogen-bond acceptors (Lipinski definition) is 6. The van der Waals surface area contributed by atoms with Crippen molar-refractivity contribution >= 4 is 16.7 Å². The lowest BCUT2D eigenvalue weighted by molar-refractivity contribution is 0.0662. The van der Waals surface area contributed by atoms with Gasteiger partial charge in [0, 0.05) is 43.7 Å². The van der Waals surface area contributed by atoms with E-state index >= 15 is 0 Å². The van der Waals surface area contributed by atoms with Crippen LogP contribution in [0.5, 0.6) is 5.75 Å². The summed E-state index contributed by atoms with van der Waals surface area (Å²) < 4.78 is 5.69. The molecule has 35 heavy (non-hydrogen) atoms. The maximum absolute atomic E-state index is 10.4. The molecule has 6 heteroatoms. The van der Waals surface area contributed by atoms with Crippen LogP contribution in [0.15, 0.2) is 84.9 Å². The lowest BCUT2D eigenvalue weighted by Gasteiger charge is -2.36. The van der Waals surface area contributed by atoms with Crippen LogP contribution in [0.2, 0.25) is 0 Å². The third-order valence-electron chi connectivity index (χ3n) is 6.36. The number of nitrogens with zero attached hydrogens (tertiary/aromatic N) is 4. The fourth-order valence-corrected chi connectivity index (χ4v) is 4.52. The summed E-state index contributed by atoms with van der Waals surface area (Å²) in [7, 11) is 0. The van der Waals surface area contributed by atoms with E-state index in [9.17, 15) is 10.4 Å². The van der Waals surface area contributed by atoms with Gasteiger partial charge < -0.3 is 14.7 Å². The van der Waals surface area contributed by atoms with Gasteiger partial charge in [0.15, 0.2) is 0 Å². The highest BCUT2D eigenvalue weighted by molar-refractivity contribution is 5.94. The Kier molecular flexibility index (Phi) is 6.89. The molecule has 1 aliphatic heterocycles. The zero-order chi connectivity index (χ0) is 24.0. The normalized spacial score (nSPS) is 15.0. The van der Waals surface area contributed by atoms with Gasteiger partial charge in [0.25, 0.3) is 0 Å². The van der Waals surface area contributed by atoms with Crippen molar-refractivity contribution in [1.82, 2.24) is 9.88 Å². The van der Waals surface area contributed by atoms with Crippen molar-refractivity contribution in [3.63, 3.8) is 0 Å². The molecule has 5 rings (SSSR count). The first-order valence-electron chi connectivity index (χ1n) is 11.9. The number of ether oxygens (including phenoxy) is 1. The van der Waals surface area contributed by atoms with Crippen LogP contribution in [0, 0.1) is 11.3 Å². The maximum Gasteiger partial charge on any atom is 0.129 e. The zero-order valence-electron chi connectivity index (χ0n) is 19.5. The highest BCUT2D eigenvalue weighted by Crippen LogP contribution is 2.30. The van der Waals surface area contributed by atoms with Crippen molar-refractivity contribution in [1.29, 1.82) is 5.26 Å². The smallest absolute Gasteiger partial charge is 0.129 e. The van der Waals surface area contributed by atoms with E-state index in [1.54, 1.807) is 0 Å². The highest BCUT2D eigenvalue weighted by atomic mass is 16.5. The van der Waals surface area contributed by atoms with Crippen LogP contribution >= 0.6 is 0 Å². The Bertz CT molecular complexity index is 1330. The zero-order valence-corrected chi connectivity index (χ0v) is 19.5. The van der Waals surface area contributed by atoms with Crippen LogP contribution < -0.4 is 9.64 Å². The van der Waals surface area contributed by atoms with E-state index in [-0.39, 0.29) is 6.61 Å². The van der Waals surface area contributed by atoms with Crippen LogP contribution in [0.25, 0.3) is 22.0 Å². The first kappa shape index (κ1) is 22.9. The minimum absolute atomic E-state index is 0.284. The number of aromatic nitrogens is 1. The molecule has 6 nitrogen and oxygen atoms in total. The molecule has 4 aromatic rings. The minimum atomic E-state index is -0.535. The van der Waals surface area contributed by atoms with E-state index in [0.29, 0.717) is 12.1 Å².